The van der Waals surface area contributed by atoms with E-state index in [-0.39, 0.29) is 36.6 Å². The highest BCUT2D eigenvalue weighted by Gasteiger charge is 2.70. The molecule has 0 bridgehead atoms. The van der Waals surface area contributed by atoms with Crippen LogP contribution in [0.15, 0.2) is 0 Å². The Labute approximate surface area is 206 Å². The van der Waals surface area contributed by atoms with Crippen LogP contribution in [0.5, 0.6) is 0 Å². The zero-order chi connectivity index (χ0) is 27.4. The molecule has 7 atom stereocenters. The lowest BCUT2D eigenvalue weighted by Gasteiger charge is -2.37. The Bertz CT molecular complexity index is 986. The molecule has 2 heterocycles. The number of rotatable bonds is 6. The van der Waals surface area contributed by atoms with Crippen LogP contribution in [0, 0.1) is 39.9 Å². The summed E-state index contributed by atoms with van der Waals surface area (Å²) in [5.41, 5.74) is -1.39. The van der Waals surface area contributed by atoms with Gasteiger partial charge in [-0.15, -0.1) is 0 Å². The first-order valence-electron chi connectivity index (χ1n) is 11.8. The smallest absolute Gasteiger partial charge is 0.374 e. The third kappa shape index (κ3) is 5.28. The minimum atomic E-state index is -5.18. The van der Waals surface area contributed by atoms with E-state index in [0.717, 1.165) is 0 Å². The number of nitrogens with zero attached hydrogens (tertiary/aromatic N) is 2. The van der Waals surface area contributed by atoms with Crippen molar-refractivity contribution in [1.29, 1.82) is 5.26 Å². The second kappa shape index (κ2) is 9.21. The van der Waals surface area contributed by atoms with Gasteiger partial charge < -0.3 is 26.0 Å². The molecule has 36 heavy (non-hydrogen) atoms. The zero-order valence-electron chi connectivity index (χ0n) is 20.8. The van der Waals surface area contributed by atoms with Gasteiger partial charge in [-0.2, -0.15) is 18.4 Å². The average molecular weight is 516 g/mol. The van der Waals surface area contributed by atoms with E-state index in [9.17, 15) is 42.7 Å². The van der Waals surface area contributed by atoms with Crippen molar-refractivity contribution in [2.75, 3.05) is 6.54 Å². The molecule has 0 radical (unpaired) electrons. The molecule has 1 saturated carbocycles. The summed E-state index contributed by atoms with van der Waals surface area (Å²) in [7, 11) is 0. The molecule has 0 aromatic heterocycles. The number of aliphatic hydroxyl groups excluding tert-OH is 1. The van der Waals surface area contributed by atoms with E-state index in [4.69, 9.17) is 0 Å². The van der Waals surface area contributed by atoms with Crippen LogP contribution in [0.3, 0.4) is 0 Å². The van der Waals surface area contributed by atoms with E-state index < -0.39 is 65.5 Å². The molecule has 3 rings (SSSR count). The van der Waals surface area contributed by atoms with Crippen molar-refractivity contribution in [3.63, 3.8) is 0 Å². The largest absolute Gasteiger partial charge is 0.471 e. The van der Waals surface area contributed by atoms with Crippen LogP contribution in [-0.2, 0) is 19.2 Å². The summed E-state index contributed by atoms with van der Waals surface area (Å²) in [5, 5.41) is 25.8. The molecule has 2 aliphatic heterocycles. The molecular formula is C23H32F3N5O5. The molecule has 3 aliphatic rings. The summed E-state index contributed by atoms with van der Waals surface area (Å²) in [6, 6.07) is -1.76. The predicted molar refractivity (Wildman–Crippen MR) is 118 cm³/mol. The van der Waals surface area contributed by atoms with Gasteiger partial charge in [0.2, 0.25) is 17.7 Å². The van der Waals surface area contributed by atoms with E-state index in [1.165, 1.54) is 25.7 Å². The molecular weight excluding hydrogens is 483 g/mol. The van der Waals surface area contributed by atoms with Crippen molar-refractivity contribution in [3.05, 3.63) is 0 Å². The normalized spacial score (nSPS) is 30.5. The topological polar surface area (TPSA) is 152 Å². The van der Waals surface area contributed by atoms with E-state index in [2.05, 4.69) is 10.6 Å². The maximum Gasteiger partial charge on any atom is 0.471 e. The van der Waals surface area contributed by atoms with Crippen molar-refractivity contribution >= 4 is 23.6 Å². The predicted octanol–water partition coefficient (Wildman–Crippen LogP) is 0.416. The molecule has 0 spiro atoms. The molecule has 13 heteroatoms. The van der Waals surface area contributed by atoms with E-state index in [1.807, 2.05) is 19.9 Å². The summed E-state index contributed by atoms with van der Waals surface area (Å²) in [4.78, 5) is 51.6. The third-order valence-electron chi connectivity index (χ3n) is 7.59. The third-order valence-corrected chi connectivity index (χ3v) is 7.59. The minimum absolute atomic E-state index is 0.0461. The van der Waals surface area contributed by atoms with Crippen molar-refractivity contribution < 1.29 is 37.5 Å². The van der Waals surface area contributed by atoms with Gasteiger partial charge in [0.1, 0.15) is 24.4 Å². The summed E-state index contributed by atoms with van der Waals surface area (Å²) < 4.78 is 38.8. The molecule has 0 aromatic carbocycles. The number of amides is 4. The molecule has 4 N–H and O–H groups in total. The van der Waals surface area contributed by atoms with Gasteiger partial charge in [0, 0.05) is 18.9 Å². The van der Waals surface area contributed by atoms with Gasteiger partial charge in [-0.1, -0.05) is 34.6 Å². The lowest BCUT2D eigenvalue weighted by molar-refractivity contribution is -0.176. The summed E-state index contributed by atoms with van der Waals surface area (Å²) in [5.74, 6) is -5.19. The van der Waals surface area contributed by atoms with Crippen LogP contribution >= 0.6 is 0 Å². The first-order valence-corrected chi connectivity index (χ1v) is 11.8. The maximum atomic E-state index is 13.5. The number of halogens is 3. The highest BCUT2D eigenvalue weighted by Crippen LogP contribution is 2.65. The van der Waals surface area contributed by atoms with E-state index >= 15 is 0 Å². The highest BCUT2D eigenvalue weighted by molar-refractivity contribution is 5.95. The van der Waals surface area contributed by atoms with Gasteiger partial charge >= 0.3 is 12.1 Å². The molecule has 1 aliphatic carbocycles. The number of piperidine rings is 1. The fourth-order valence-corrected chi connectivity index (χ4v) is 5.45. The second-order valence-electron chi connectivity index (χ2n) is 11.5. The molecule has 0 aromatic rings. The van der Waals surface area contributed by atoms with Crippen LogP contribution in [-0.4, -0.2) is 70.7 Å². The lowest BCUT2D eigenvalue weighted by Crippen LogP contribution is -2.61. The van der Waals surface area contributed by atoms with Crippen LogP contribution < -0.4 is 16.0 Å². The van der Waals surface area contributed by atoms with Crippen molar-refractivity contribution in [1.82, 2.24) is 20.9 Å². The van der Waals surface area contributed by atoms with Gasteiger partial charge in [0.25, 0.3) is 0 Å². The lowest BCUT2D eigenvalue weighted by atomic mass is 9.85. The number of alkyl halides is 3. The van der Waals surface area contributed by atoms with Crippen LogP contribution in [0.25, 0.3) is 0 Å². The average Bonchev–Trinajstić information content (AvgIpc) is 3.06. The number of likely N-dealkylation sites (tertiary alicyclic amines) is 1. The number of fused-ring (bicyclic) bond motifs is 1. The standard InChI is InChI=1S/C23H32F3N5O5/c1-21(2,3)16(30-20(36)23(24,25)26)19(35)31-9-12-14(22(12,4)5)15(31)18(34)28-11(8-27)6-10-7-13(32)29-17(10)33/h10-16,32H,6-7,9H2,1-5H3,(H,28,34)(H,29,33)(H,30,36). The zero-order valence-corrected chi connectivity index (χ0v) is 20.8. The molecule has 10 nitrogen and oxygen atoms in total. The fraction of sp³-hybridized carbons (Fsp3) is 0.783. The Balaban J connectivity index is 1.80. The monoisotopic (exact) mass is 515 g/mol. The van der Waals surface area contributed by atoms with Crippen molar-refractivity contribution in [2.24, 2.45) is 28.6 Å². The number of hydrogen-bond donors (Lipinski definition) is 4. The number of nitriles is 1. The Kier molecular flexibility index (Phi) is 7.09. The van der Waals surface area contributed by atoms with E-state index in [1.54, 1.807) is 5.32 Å². The Morgan fingerprint density at radius 3 is 2.33 bits per heavy atom. The van der Waals surface area contributed by atoms with Gasteiger partial charge in [-0.3, -0.25) is 19.2 Å². The Morgan fingerprint density at radius 1 is 1.25 bits per heavy atom. The quantitative estimate of drug-likeness (QED) is 0.402. The molecule has 7 unspecified atom stereocenters. The molecule has 200 valence electrons. The first-order chi connectivity index (χ1) is 16.4. The van der Waals surface area contributed by atoms with E-state index in [0.29, 0.717) is 0 Å². The fourth-order valence-electron chi connectivity index (χ4n) is 5.45. The summed E-state index contributed by atoms with van der Waals surface area (Å²) in [6.07, 6.45) is -6.18. The van der Waals surface area contributed by atoms with Gasteiger partial charge in [0.15, 0.2) is 0 Å². The summed E-state index contributed by atoms with van der Waals surface area (Å²) >= 11 is 0. The van der Waals surface area contributed by atoms with Crippen LogP contribution in [0.1, 0.15) is 47.5 Å². The number of aliphatic hydroxyl groups is 1. The Morgan fingerprint density at radius 2 is 1.86 bits per heavy atom. The van der Waals surface area contributed by atoms with Crippen molar-refractivity contribution in [2.45, 2.75) is 78.0 Å². The van der Waals surface area contributed by atoms with Crippen molar-refractivity contribution in [3.8, 4) is 6.07 Å². The number of carbonyl (C=O) groups is 4. The van der Waals surface area contributed by atoms with Gasteiger partial charge in [-0.05, 0) is 29.1 Å². The number of carbonyl (C=O) groups excluding carboxylic acids is 4. The SMILES string of the molecule is CC(C)(C)C(NC(=O)C(F)(F)F)C(=O)N1CC2C(C1C(=O)NC(C#N)CC1CC(O)NC1=O)C2(C)C. The van der Waals surface area contributed by atoms with Crippen LogP contribution in [0.2, 0.25) is 0 Å². The number of hydrogen-bond acceptors (Lipinski definition) is 6. The minimum Gasteiger partial charge on any atom is -0.374 e. The second-order valence-corrected chi connectivity index (χ2v) is 11.5. The highest BCUT2D eigenvalue weighted by atomic mass is 19.4. The van der Waals surface area contributed by atoms with Crippen LogP contribution in [0.4, 0.5) is 13.2 Å². The number of nitrogens with one attached hydrogen (secondary N) is 3. The van der Waals surface area contributed by atoms with Gasteiger partial charge in [0.05, 0.1) is 6.07 Å². The molecule has 4 amide bonds. The molecule has 2 saturated heterocycles. The maximum absolute atomic E-state index is 13.5. The first kappa shape index (κ1) is 27.7. The van der Waals surface area contributed by atoms with Gasteiger partial charge in [-0.25, -0.2) is 0 Å². The molecule has 3 fully saturated rings. The summed E-state index contributed by atoms with van der Waals surface area (Å²) in [6.45, 7) is 8.49. The Hall–Kier alpha value is -2.88.